The second-order valence-corrected chi connectivity index (χ2v) is 3.02. The van der Waals surface area contributed by atoms with Gasteiger partial charge in [-0.05, 0) is 20.4 Å². The smallest absolute Gasteiger partial charge is 0.330 e. The van der Waals surface area contributed by atoms with Gasteiger partial charge in [-0.2, -0.15) is 6.42 Å². The molecule has 1 heterocycles. The molecule has 0 bridgehead atoms. The van der Waals surface area contributed by atoms with Crippen molar-refractivity contribution in [3.05, 3.63) is 6.42 Å². The summed E-state index contributed by atoms with van der Waals surface area (Å²) >= 11 is 0. The fraction of sp³-hybridized carbons (Fsp3) is 0.875. The molecule has 1 aliphatic rings. The van der Waals surface area contributed by atoms with Crippen molar-refractivity contribution in [3.63, 3.8) is 0 Å². The molecule has 1 aliphatic heterocycles. The van der Waals surface area contributed by atoms with Gasteiger partial charge < -0.3 is 11.3 Å². The van der Waals surface area contributed by atoms with Crippen molar-refractivity contribution in [2.45, 2.75) is 32.7 Å². The summed E-state index contributed by atoms with van der Waals surface area (Å²) in [6.45, 7) is 7.03. The summed E-state index contributed by atoms with van der Waals surface area (Å²) in [7, 11) is 0. The molecule has 0 amide bonds. The van der Waals surface area contributed by atoms with Crippen molar-refractivity contribution in [3.8, 4) is 0 Å². The van der Waals surface area contributed by atoms with Gasteiger partial charge >= 0.3 is 58.2 Å². The van der Waals surface area contributed by atoms with Crippen LogP contribution < -0.4 is 58.2 Å². The van der Waals surface area contributed by atoms with Crippen LogP contribution in [-0.4, -0.2) is 24.0 Å². The van der Waals surface area contributed by atoms with E-state index in [0.717, 1.165) is 6.04 Å². The Morgan fingerprint density at radius 3 is 2.40 bits per heavy atom. The fourth-order valence-electron chi connectivity index (χ4n) is 1.26. The van der Waals surface area contributed by atoms with Crippen molar-refractivity contribution in [2.75, 3.05) is 13.1 Å². The van der Waals surface area contributed by atoms with Crippen molar-refractivity contribution in [2.24, 2.45) is 0 Å². The molecule has 1 rings (SSSR count). The van der Waals surface area contributed by atoms with Crippen LogP contribution in [0.1, 0.15) is 26.7 Å². The monoisotopic (exact) mass is 211 g/mol. The summed E-state index contributed by atoms with van der Waals surface area (Å²) in [5.41, 5.74) is 0. The van der Waals surface area contributed by atoms with Gasteiger partial charge in [-0.15, -0.1) is 6.54 Å². The Morgan fingerprint density at radius 2 is 2.10 bits per heavy atom. The standard InChI is InChI=1S/C8H16N.Rb/c1-8(2)9-6-4-3-5-7-9;/h4,8H,3,5-7H2,1-2H3;/q-1;+1. The van der Waals surface area contributed by atoms with Crippen molar-refractivity contribution < 1.29 is 58.2 Å². The van der Waals surface area contributed by atoms with Gasteiger partial charge in [-0.25, -0.2) is 0 Å². The summed E-state index contributed by atoms with van der Waals surface area (Å²) in [6, 6.07) is 0.738. The van der Waals surface area contributed by atoms with Crippen LogP contribution in [0, 0.1) is 6.42 Å². The first kappa shape index (κ1) is 11.8. The van der Waals surface area contributed by atoms with Gasteiger partial charge in [0, 0.05) is 6.04 Å². The number of likely N-dealkylation sites (tertiary alicyclic amines) is 1. The van der Waals surface area contributed by atoms with Crippen molar-refractivity contribution in [1.82, 2.24) is 4.90 Å². The van der Waals surface area contributed by atoms with Gasteiger partial charge in [0.15, 0.2) is 0 Å². The predicted molar refractivity (Wildman–Crippen MR) is 40.2 cm³/mol. The van der Waals surface area contributed by atoms with E-state index in [1.54, 1.807) is 0 Å². The van der Waals surface area contributed by atoms with E-state index in [2.05, 4.69) is 25.2 Å². The molecule has 54 valence electrons. The topological polar surface area (TPSA) is 3.24 Å². The average Bonchev–Trinajstić information content (AvgIpc) is 1.90. The molecule has 0 aromatic carbocycles. The molecule has 10 heavy (non-hydrogen) atoms. The molecule has 0 aromatic rings. The molecule has 0 saturated carbocycles. The summed E-state index contributed by atoms with van der Waals surface area (Å²) in [5, 5.41) is 0. The van der Waals surface area contributed by atoms with E-state index >= 15 is 0 Å². The molecule has 0 spiro atoms. The van der Waals surface area contributed by atoms with E-state index < -0.39 is 0 Å². The van der Waals surface area contributed by atoms with Crippen LogP contribution in [0.15, 0.2) is 0 Å². The van der Waals surface area contributed by atoms with Crippen LogP contribution in [0.5, 0.6) is 0 Å². The zero-order valence-electron chi connectivity index (χ0n) is 7.43. The van der Waals surface area contributed by atoms with Crippen LogP contribution in [0.25, 0.3) is 0 Å². The zero-order valence-corrected chi connectivity index (χ0v) is 12.3. The summed E-state index contributed by atoms with van der Waals surface area (Å²) in [4.78, 5) is 2.50. The predicted octanol–water partition coefficient (Wildman–Crippen LogP) is -1.30. The van der Waals surface area contributed by atoms with Crippen molar-refractivity contribution in [1.29, 1.82) is 0 Å². The molecule has 0 atom stereocenters. The summed E-state index contributed by atoms with van der Waals surface area (Å²) in [6.07, 6.45) is 5.06. The first-order valence-electron chi connectivity index (χ1n) is 3.86. The number of hydrogen-bond donors (Lipinski definition) is 0. The maximum atomic E-state index is 2.50. The average molecular weight is 212 g/mol. The third-order valence-electron chi connectivity index (χ3n) is 1.95. The third kappa shape index (κ3) is 3.96. The Morgan fingerprint density at radius 1 is 1.40 bits per heavy atom. The minimum atomic E-state index is 0. The quantitative estimate of drug-likeness (QED) is 0.488. The Kier molecular flexibility index (Phi) is 7.41. The van der Waals surface area contributed by atoms with Crippen LogP contribution in [-0.2, 0) is 0 Å². The molecule has 2 heteroatoms. The molecule has 0 unspecified atom stereocenters. The molecule has 0 radical (unpaired) electrons. The molecule has 0 aliphatic carbocycles. The minimum absolute atomic E-state index is 0. The van der Waals surface area contributed by atoms with E-state index in [9.17, 15) is 0 Å². The molecule has 0 N–H and O–H groups in total. The third-order valence-corrected chi connectivity index (χ3v) is 1.95. The summed E-state index contributed by atoms with van der Waals surface area (Å²) in [5.74, 6) is 0. The van der Waals surface area contributed by atoms with Crippen LogP contribution >= 0.6 is 0 Å². The Balaban J connectivity index is 0.000000810. The Hall–Kier alpha value is 1.77. The fourth-order valence-corrected chi connectivity index (χ4v) is 1.26. The van der Waals surface area contributed by atoms with Gasteiger partial charge in [0.1, 0.15) is 0 Å². The van der Waals surface area contributed by atoms with Crippen LogP contribution in [0.2, 0.25) is 0 Å². The summed E-state index contributed by atoms with van der Waals surface area (Å²) < 4.78 is 0. The van der Waals surface area contributed by atoms with E-state index in [1.165, 1.54) is 25.9 Å². The molecular weight excluding hydrogens is 196 g/mol. The van der Waals surface area contributed by atoms with E-state index in [1.807, 2.05) is 0 Å². The van der Waals surface area contributed by atoms with Gasteiger partial charge in [0.2, 0.25) is 0 Å². The SMILES string of the molecule is CC(C)N1C[CH-]CCC1.[Rb+]. The normalized spacial score (nSPS) is 20.7. The van der Waals surface area contributed by atoms with E-state index in [0.29, 0.717) is 0 Å². The van der Waals surface area contributed by atoms with Gasteiger partial charge in [0.05, 0.1) is 0 Å². The molecule has 0 aromatic heterocycles. The molecular formula is C8H16NRb. The van der Waals surface area contributed by atoms with Crippen molar-refractivity contribution >= 4 is 0 Å². The first-order valence-corrected chi connectivity index (χ1v) is 3.86. The number of nitrogens with zero attached hydrogens (tertiary/aromatic N) is 1. The number of hydrogen-bond acceptors (Lipinski definition) is 1. The van der Waals surface area contributed by atoms with E-state index in [-0.39, 0.29) is 58.2 Å². The van der Waals surface area contributed by atoms with Gasteiger partial charge in [-0.3, -0.25) is 0 Å². The second kappa shape index (κ2) is 6.30. The number of piperidine rings is 1. The first-order chi connectivity index (χ1) is 4.30. The maximum absolute atomic E-state index is 2.50. The number of rotatable bonds is 1. The van der Waals surface area contributed by atoms with E-state index in [4.69, 9.17) is 0 Å². The van der Waals surface area contributed by atoms with Crippen LogP contribution in [0.3, 0.4) is 0 Å². The molecule has 1 nitrogen and oxygen atoms in total. The maximum Gasteiger partial charge on any atom is 1.00 e. The zero-order chi connectivity index (χ0) is 6.69. The second-order valence-electron chi connectivity index (χ2n) is 3.02. The largest absolute Gasteiger partial charge is 1.00 e. The molecule has 1 saturated heterocycles. The Labute approximate surface area is 113 Å². The van der Waals surface area contributed by atoms with Gasteiger partial charge in [-0.1, -0.05) is 6.42 Å². The van der Waals surface area contributed by atoms with Crippen LogP contribution in [0.4, 0.5) is 0 Å². The van der Waals surface area contributed by atoms with Gasteiger partial charge in [0.25, 0.3) is 0 Å². The molecule has 1 fully saturated rings. The minimum Gasteiger partial charge on any atom is -0.330 e. The Bertz CT molecular complexity index is 77.3.